The number of nitrogens with zero attached hydrogens (tertiary/aromatic N) is 1. The Bertz CT molecular complexity index is 441. The van der Waals surface area contributed by atoms with Crippen LogP contribution in [0.4, 0.5) is 0 Å². The summed E-state index contributed by atoms with van der Waals surface area (Å²) in [5.41, 5.74) is 0.714. The maximum Gasteiger partial charge on any atom is 0.253 e. The molecule has 1 atom stereocenters. The average molecular weight is 259 g/mol. The maximum absolute atomic E-state index is 12.3. The standard InChI is InChI=1S/C16H21NO2/c1-2-7-15(18)14-10-6-11-17(12-14)16(19)13-8-4-3-5-9-13/h3-5,8-9,14H,2,6-7,10-12H2,1H3. The van der Waals surface area contributed by atoms with Crippen LogP contribution in [0.2, 0.25) is 0 Å². The van der Waals surface area contributed by atoms with E-state index in [9.17, 15) is 9.59 Å². The molecular weight excluding hydrogens is 238 g/mol. The van der Waals surface area contributed by atoms with Crippen molar-refractivity contribution in [2.24, 2.45) is 5.92 Å². The van der Waals surface area contributed by atoms with Gasteiger partial charge in [-0.1, -0.05) is 25.1 Å². The molecule has 1 amide bonds. The molecule has 19 heavy (non-hydrogen) atoms. The lowest BCUT2D eigenvalue weighted by atomic mass is 9.91. The van der Waals surface area contributed by atoms with Crippen molar-refractivity contribution in [1.82, 2.24) is 4.90 Å². The normalized spacial score (nSPS) is 19.2. The number of ketones is 1. The highest BCUT2D eigenvalue weighted by atomic mass is 16.2. The van der Waals surface area contributed by atoms with Gasteiger partial charge in [-0.25, -0.2) is 0 Å². The van der Waals surface area contributed by atoms with E-state index < -0.39 is 0 Å². The zero-order valence-corrected chi connectivity index (χ0v) is 11.5. The Hall–Kier alpha value is -1.64. The first-order chi connectivity index (χ1) is 9.22. The van der Waals surface area contributed by atoms with Crippen molar-refractivity contribution in [2.45, 2.75) is 32.6 Å². The summed E-state index contributed by atoms with van der Waals surface area (Å²) in [6, 6.07) is 9.31. The van der Waals surface area contributed by atoms with Gasteiger partial charge in [0, 0.05) is 31.0 Å². The van der Waals surface area contributed by atoms with Gasteiger partial charge in [-0.2, -0.15) is 0 Å². The van der Waals surface area contributed by atoms with Gasteiger partial charge in [-0.15, -0.1) is 0 Å². The van der Waals surface area contributed by atoms with E-state index in [1.165, 1.54) is 0 Å². The van der Waals surface area contributed by atoms with Crippen LogP contribution in [0.15, 0.2) is 30.3 Å². The summed E-state index contributed by atoms with van der Waals surface area (Å²) in [6.07, 6.45) is 3.39. The minimum Gasteiger partial charge on any atom is -0.338 e. The van der Waals surface area contributed by atoms with E-state index in [0.717, 1.165) is 25.8 Å². The molecule has 1 saturated heterocycles. The second kappa shape index (κ2) is 6.50. The molecule has 1 heterocycles. The van der Waals surface area contributed by atoms with Crippen LogP contribution >= 0.6 is 0 Å². The number of hydrogen-bond acceptors (Lipinski definition) is 2. The van der Waals surface area contributed by atoms with E-state index in [1.807, 2.05) is 42.2 Å². The molecule has 1 fully saturated rings. The van der Waals surface area contributed by atoms with Crippen molar-refractivity contribution in [3.8, 4) is 0 Å². The number of likely N-dealkylation sites (tertiary alicyclic amines) is 1. The Morgan fingerprint density at radius 1 is 1.26 bits per heavy atom. The first-order valence-electron chi connectivity index (χ1n) is 7.09. The smallest absolute Gasteiger partial charge is 0.253 e. The quantitative estimate of drug-likeness (QED) is 0.833. The molecule has 1 aromatic rings. The Labute approximate surface area is 114 Å². The summed E-state index contributed by atoms with van der Waals surface area (Å²) in [6.45, 7) is 3.38. The molecule has 0 N–H and O–H groups in total. The fraction of sp³-hybridized carbons (Fsp3) is 0.500. The fourth-order valence-corrected chi connectivity index (χ4v) is 2.64. The summed E-state index contributed by atoms with van der Waals surface area (Å²) < 4.78 is 0. The number of benzene rings is 1. The summed E-state index contributed by atoms with van der Waals surface area (Å²) in [4.78, 5) is 26.1. The van der Waals surface area contributed by atoms with Crippen LogP contribution in [0.5, 0.6) is 0 Å². The van der Waals surface area contributed by atoms with Crippen LogP contribution in [0, 0.1) is 5.92 Å². The van der Waals surface area contributed by atoms with Crippen LogP contribution < -0.4 is 0 Å². The van der Waals surface area contributed by atoms with Crippen molar-refractivity contribution in [3.63, 3.8) is 0 Å². The summed E-state index contributed by atoms with van der Waals surface area (Å²) >= 11 is 0. The summed E-state index contributed by atoms with van der Waals surface area (Å²) in [7, 11) is 0. The lowest BCUT2D eigenvalue weighted by Gasteiger charge is -2.32. The largest absolute Gasteiger partial charge is 0.338 e. The molecule has 1 unspecified atom stereocenters. The molecule has 102 valence electrons. The fourth-order valence-electron chi connectivity index (χ4n) is 2.64. The predicted molar refractivity (Wildman–Crippen MR) is 75.0 cm³/mol. The zero-order valence-electron chi connectivity index (χ0n) is 11.5. The molecule has 0 aliphatic carbocycles. The third-order valence-electron chi connectivity index (χ3n) is 3.68. The molecular formula is C16H21NO2. The van der Waals surface area contributed by atoms with Crippen molar-refractivity contribution in [1.29, 1.82) is 0 Å². The molecule has 1 aromatic carbocycles. The van der Waals surface area contributed by atoms with Crippen LogP contribution in [-0.4, -0.2) is 29.7 Å². The number of hydrogen-bond donors (Lipinski definition) is 0. The monoisotopic (exact) mass is 259 g/mol. The van der Waals surface area contributed by atoms with Crippen LogP contribution in [-0.2, 0) is 4.79 Å². The topological polar surface area (TPSA) is 37.4 Å². The van der Waals surface area contributed by atoms with E-state index in [2.05, 4.69) is 0 Å². The highest BCUT2D eigenvalue weighted by molar-refractivity contribution is 5.94. The van der Waals surface area contributed by atoms with Gasteiger partial charge in [0.25, 0.3) is 5.91 Å². The Balaban J connectivity index is 2.01. The minimum atomic E-state index is 0.0429. The van der Waals surface area contributed by atoms with E-state index in [1.54, 1.807) is 0 Å². The van der Waals surface area contributed by atoms with Crippen LogP contribution in [0.1, 0.15) is 43.0 Å². The number of amides is 1. The number of Topliss-reactive ketones (excluding diaryl/α,β-unsaturated/α-hetero) is 1. The lowest BCUT2D eigenvalue weighted by Crippen LogP contribution is -2.42. The van der Waals surface area contributed by atoms with Crippen molar-refractivity contribution in [3.05, 3.63) is 35.9 Å². The van der Waals surface area contributed by atoms with Gasteiger partial charge in [0.1, 0.15) is 5.78 Å². The highest BCUT2D eigenvalue weighted by Crippen LogP contribution is 2.20. The number of piperidine rings is 1. The molecule has 3 nitrogen and oxygen atoms in total. The van der Waals surface area contributed by atoms with Crippen molar-refractivity contribution in [2.75, 3.05) is 13.1 Å². The van der Waals surface area contributed by atoms with Crippen LogP contribution in [0.3, 0.4) is 0 Å². The molecule has 0 aromatic heterocycles. The number of carbonyl (C=O) groups is 2. The lowest BCUT2D eigenvalue weighted by molar-refractivity contribution is -0.124. The van der Waals surface area contributed by atoms with Crippen molar-refractivity contribution >= 4 is 11.7 Å². The van der Waals surface area contributed by atoms with Crippen LogP contribution in [0.25, 0.3) is 0 Å². The van der Waals surface area contributed by atoms with E-state index in [4.69, 9.17) is 0 Å². The summed E-state index contributed by atoms with van der Waals surface area (Å²) in [5, 5.41) is 0. The number of carbonyl (C=O) groups excluding carboxylic acids is 2. The first-order valence-corrected chi connectivity index (χ1v) is 7.09. The molecule has 1 aliphatic rings. The number of rotatable bonds is 4. The van der Waals surface area contributed by atoms with E-state index >= 15 is 0 Å². The molecule has 3 heteroatoms. The van der Waals surface area contributed by atoms with Gasteiger partial charge in [0.15, 0.2) is 0 Å². The van der Waals surface area contributed by atoms with Crippen molar-refractivity contribution < 1.29 is 9.59 Å². The Morgan fingerprint density at radius 2 is 2.00 bits per heavy atom. The zero-order chi connectivity index (χ0) is 13.7. The highest BCUT2D eigenvalue weighted by Gasteiger charge is 2.28. The first kappa shape index (κ1) is 13.8. The summed E-state index contributed by atoms with van der Waals surface area (Å²) in [5.74, 6) is 0.407. The van der Waals surface area contributed by atoms with Gasteiger partial charge >= 0.3 is 0 Å². The van der Waals surface area contributed by atoms with Gasteiger partial charge < -0.3 is 4.90 Å². The van der Waals surface area contributed by atoms with Gasteiger partial charge in [-0.05, 0) is 31.4 Å². The molecule has 2 rings (SSSR count). The maximum atomic E-state index is 12.3. The second-order valence-electron chi connectivity index (χ2n) is 5.17. The molecule has 1 aliphatic heterocycles. The minimum absolute atomic E-state index is 0.0429. The third-order valence-corrected chi connectivity index (χ3v) is 3.68. The molecule has 0 spiro atoms. The van der Waals surface area contributed by atoms with E-state index in [0.29, 0.717) is 24.3 Å². The Kier molecular flexibility index (Phi) is 4.72. The van der Waals surface area contributed by atoms with E-state index in [-0.39, 0.29) is 11.8 Å². The second-order valence-corrected chi connectivity index (χ2v) is 5.17. The van der Waals surface area contributed by atoms with Gasteiger partial charge in [0.2, 0.25) is 0 Å². The third kappa shape index (κ3) is 3.43. The SMILES string of the molecule is CCCC(=O)C1CCCN(C(=O)c2ccccc2)C1. The molecule has 0 bridgehead atoms. The molecule has 0 saturated carbocycles. The van der Waals surface area contributed by atoms with Gasteiger partial charge in [-0.3, -0.25) is 9.59 Å². The average Bonchev–Trinajstić information content (AvgIpc) is 2.48. The Morgan fingerprint density at radius 3 is 2.68 bits per heavy atom. The van der Waals surface area contributed by atoms with Gasteiger partial charge in [0.05, 0.1) is 0 Å². The predicted octanol–water partition coefficient (Wildman–Crippen LogP) is 2.91. The molecule has 0 radical (unpaired) electrons.